The Hall–Kier alpha value is -2.03. The molecule has 1 saturated heterocycles. The number of aromatic amines is 1. The zero-order valence-electron chi connectivity index (χ0n) is 14.2. The maximum atomic E-state index is 5.94. The number of aryl methyl sites for hydroxylation is 1. The number of nitrogens with one attached hydrogen (secondary N) is 2. The maximum Gasteiger partial charge on any atom is 0.130 e. The molecule has 0 saturated carbocycles. The predicted molar refractivity (Wildman–Crippen MR) is 89.7 cm³/mol. The normalized spacial score (nSPS) is 18.7. The van der Waals surface area contributed by atoms with E-state index in [4.69, 9.17) is 9.47 Å². The van der Waals surface area contributed by atoms with Gasteiger partial charge in [0, 0.05) is 51.2 Å². The van der Waals surface area contributed by atoms with Crippen molar-refractivity contribution in [2.75, 3.05) is 45.3 Å². The van der Waals surface area contributed by atoms with E-state index < -0.39 is 0 Å². The molecule has 2 aromatic rings. The van der Waals surface area contributed by atoms with Crippen molar-refractivity contribution in [3.63, 3.8) is 0 Å². The van der Waals surface area contributed by atoms with Crippen LogP contribution in [0.2, 0.25) is 0 Å². The lowest BCUT2D eigenvalue weighted by molar-refractivity contribution is -0.0354. The molecule has 1 unspecified atom stereocenters. The second-order valence-electron chi connectivity index (χ2n) is 5.82. The molecule has 1 aliphatic heterocycles. The van der Waals surface area contributed by atoms with Crippen LogP contribution in [0.25, 0.3) is 0 Å². The van der Waals surface area contributed by atoms with Crippen molar-refractivity contribution in [2.45, 2.75) is 19.6 Å². The fourth-order valence-electron chi connectivity index (χ4n) is 2.76. The van der Waals surface area contributed by atoms with Gasteiger partial charge in [0.05, 0.1) is 25.2 Å². The van der Waals surface area contributed by atoms with Crippen molar-refractivity contribution in [3.05, 3.63) is 35.8 Å². The molecule has 0 bridgehead atoms. The molecule has 0 spiro atoms. The Morgan fingerprint density at radius 3 is 3.17 bits per heavy atom. The smallest absolute Gasteiger partial charge is 0.130 e. The van der Waals surface area contributed by atoms with E-state index in [-0.39, 0.29) is 6.10 Å². The molecule has 2 N–H and O–H groups in total. The first kappa shape index (κ1) is 16.8. The van der Waals surface area contributed by atoms with Gasteiger partial charge >= 0.3 is 0 Å². The van der Waals surface area contributed by atoms with Crippen LogP contribution in [0.5, 0.6) is 0 Å². The van der Waals surface area contributed by atoms with Crippen molar-refractivity contribution in [3.8, 4) is 0 Å². The summed E-state index contributed by atoms with van der Waals surface area (Å²) in [6.07, 6.45) is 3.52. The molecule has 2 aromatic heterocycles. The van der Waals surface area contributed by atoms with Crippen LogP contribution in [0.4, 0.5) is 5.82 Å². The minimum absolute atomic E-state index is 0.0497. The van der Waals surface area contributed by atoms with Gasteiger partial charge in [-0.05, 0) is 6.92 Å². The number of anilines is 1. The van der Waals surface area contributed by atoms with Gasteiger partial charge in [-0.25, -0.2) is 15.0 Å². The molecule has 1 atom stereocenters. The SMILES string of the molecule is COCCNc1cc(C2CN(Cc3cnc[nH]3)CCO2)nc(C)n1. The Bertz CT molecular complexity index is 634. The van der Waals surface area contributed by atoms with Gasteiger partial charge in [0.25, 0.3) is 0 Å². The molecule has 130 valence electrons. The molecule has 8 nitrogen and oxygen atoms in total. The number of nitrogens with zero attached hydrogens (tertiary/aromatic N) is 4. The number of ether oxygens (including phenoxy) is 2. The van der Waals surface area contributed by atoms with Crippen LogP contribution in [-0.2, 0) is 16.0 Å². The third-order valence-electron chi connectivity index (χ3n) is 3.90. The monoisotopic (exact) mass is 332 g/mol. The standard InChI is InChI=1S/C16H24N6O2/c1-12-20-14(7-16(21-12)18-3-5-23-2)15-10-22(4-6-24-15)9-13-8-17-11-19-13/h7-8,11,15H,3-6,9-10H2,1-2H3,(H,17,19)(H,18,20,21). The van der Waals surface area contributed by atoms with Crippen LogP contribution in [0.15, 0.2) is 18.6 Å². The summed E-state index contributed by atoms with van der Waals surface area (Å²) in [7, 11) is 1.68. The van der Waals surface area contributed by atoms with Gasteiger partial charge in [0.2, 0.25) is 0 Å². The van der Waals surface area contributed by atoms with Crippen molar-refractivity contribution in [1.29, 1.82) is 0 Å². The van der Waals surface area contributed by atoms with Crippen molar-refractivity contribution in [2.24, 2.45) is 0 Å². The van der Waals surface area contributed by atoms with Crippen molar-refractivity contribution >= 4 is 5.82 Å². The Balaban J connectivity index is 1.66. The molecule has 1 fully saturated rings. The highest BCUT2D eigenvalue weighted by molar-refractivity contribution is 5.36. The molecular formula is C16H24N6O2. The van der Waals surface area contributed by atoms with Crippen molar-refractivity contribution in [1.82, 2.24) is 24.8 Å². The fraction of sp³-hybridized carbons (Fsp3) is 0.562. The molecule has 0 aliphatic carbocycles. The summed E-state index contributed by atoms with van der Waals surface area (Å²) in [6, 6.07) is 1.97. The van der Waals surface area contributed by atoms with E-state index >= 15 is 0 Å². The topological polar surface area (TPSA) is 88.2 Å². The Morgan fingerprint density at radius 2 is 2.38 bits per heavy atom. The van der Waals surface area contributed by atoms with E-state index in [2.05, 4.69) is 30.2 Å². The fourth-order valence-corrected chi connectivity index (χ4v) is 2.76. The van der Waals surface area contributed by atoms with Crippen LogP contribution < -0.4 is 5.32 Å². The number of hydrogen-bond acceptors (Lipinski definition) is 7. The summed E-state index contributed by atoms with van der Waals surface area (Å²) in [4.78, 5) is 18.5. The number of methoxy groups -OCH3 is 1. The largest absolute Gasteiger partial charge is 0.383 e. The van der Waals surface area contributed by atoms with Gasteiger partial charge in [-0.15, -0.1) is 0 Å². The molecule has 0 amide bonds. The highest BCUT2D eigenvalue weighted by Crippen LogP contribution is 2.23. The lowest BCUT2D eigenvalue weighted by atomic mass is 10.2. The van der Waals surface area contributed by atoms with Gasteiger partial charge in [-0.2, -0.15) is 0 Å². The van der Waals surface area contributed by atoms with Crippen LogP contribution in [0.1, 0.15) is 23.3 Å². The van der Waals surface area contributed by atoms with Gasteiger partial charge in [-0.3, -0.25) is 4.90 Å². The number of imidazole rings is 1. The number of hydrogen-bond donors (Lipinski definition) is 2. The molecule has 3 rings (SSSR count). The van der Waals surface area contributed by atoms with E-state index in [9.17, 15) is 0 Å². The molecule has 24 heavy (non-hydrogen) atoms. The van der Waals surface area contributed by atoms with Crippen LogP contribution in [0.3, 0.4) is 0 Å². The average Bonchev–Trinajstić information content (AvgIpc) is 3.08. The van der Waals surface area contributed by atoms with E-state index in [1.807, 2.05) is 19.2 Å². The highest BCUT2D eigenvalue weighted by Gasteiger charge is 2.24. The minimum Gasteiger partial charge on any atom is -0.383 e. The number of rotatable bonds is 7. The first-order valence-electron chi connectivity index (χ1n) is 8.14. The predicted octanol–water partition coefficient (Wildman–Crippen LogP) is 1.14. The summed E-state index contributed by atoms with van der Waals surface area (Å²) in [5, 5.41) is 3.25. The molecule has 3 heterocycles. The maximum absolute atomic E-state index is 5.94. The van der Waals surface area contributed by atoms with E-state index in [1.165, 1.54) is 0 Å². The van der Waals surface area contributed by atoms with Crippen LogP contribution in [-0.4, -0.2) is 64.8 Å². The highest BCUT2D eigenvalue weighted by atomic mass is 16.5. The average molecular weight is 332 g/mol. The first-order valence-corrected chi connectivity index (χ1v) is 8.14. The van der Waals surface area contributed by atoms with E-state index in [0.717, 1.165) is 42.7 Å². The third-order valence-corrected chi connectivity index (χ3v) is 3.90. The Morgan fingerprint density at radius 1 is 1.46 bits per heavy atom. The Kier molecular flexibility index (Phi) is 5.73. The zero-order chi connectivity index (χ0) is 16.8. The number of aromatic nitrogens is 4. The molecule has 8 heteroatoms. The van der Waals surface area contributed by atoms with Crippen molar-refractivity contribution < 1.29 is 9.47 Å². The van der Waals surface area contributed by atoms with Crippen LogP contribution in [0, 0.1) is 6.92 Å². The molecular weight excluding hydrogens is 308 g/mol. The number of morpholine rings is 1. The van der Waals surface area contributed by atoms with Gasteiger partial charge in [0.1, 0.15) is 17.7 Å². The summed E-state index contributed by atoms with van der Waals surface area (Å²) < 4.78 is 11.0. The summed E-state index contributed by atoms with van der Waals surface area (Å²) >= 11 is 0. The summed E-state index contributed by atoms with van der Waals surface area (Å²) in [6.45, 7) is 6.47. The van der Waals surface area contributed by atoms with Crippen LogP contribution >= 0.6 is 0 Å². The van der Waals surface area contributed by atoms with E-state index in [1.54, 1.807) is 13.4 Å². The molecule has 1 aliphatic rings. The lowest BCUT2D eigenvalue weighted by Gasteiger charge is -2.32. The number of H-pyrrole nitrogens is 1. The zero-order valence-corrected chi connectivity index (χ0v) is 14.2. The summed E-state index contributed by atoms with van der Waals surface area (Å²) in [5.74, 6) is 1.55. The second kappa shape index (κ2) is 8.18. The lowest BCUT2D eigenvalue weighted by Crippen LogP contribution is -2.38. The molecule has 0 radical (unpaired) electrons. The second-order valence-corrected chi connectivity index (χ2v) is 5.82. The van der Waals surface area contributed by atoms with Gasteiger partial charge < -0.3 is 19.8 Å². The molecule has 0 aromatic carbocycles. The minimum atomic E-state index is -0.0497. The quantitative estimate of drug-likeness (QED) is 0.735. The van der Waals surface area contributed by atoms with Gasteiger partial charge in [0.15, 0.2) is 0 Å². The first-order chi connectivity index (χ1) is 11.7. The van der Waals surface area contributed by atoms with Gasteiger partial charge in [-0.1, -0.05) is 0 Å². The summed E-state index contributed by atoms with van der Waals surface area (Å²) in [5.41, 5.74) is 2.02. The van der Waals surface area contributed by atoms with E-state index in [0.29, 0.717) is 19.8 Å². The Labute approximate surface area is 141 Å². The third kappa shape index (κ3) is 4.50.